The second-order valence-corrected chi connectivity index (χ2v) is 4.30. The molecule has 2 aliphatic rings. The van der Waals surface area contributed by atoms with Crippen LogP contribution in [0.1, 0.15) is 19.3 Å². The highest BCUT2D eigenvalue weighted by atomic mass is 16.5. The summed E-state index contributed by atoms with van der Waals surface area (Å²) >= 11 is 0. The summed E-state index contributed by atoms with van der Waals surface area (Å²) in [6.07, 6.45) is 8.72. The maximum absolute atomic E-state index is 12.0. The Bertz CT molecular complexity index is 298. The van der Waals surface area contributed by atoms with Gasteiger partial charge in [0, 0.05) is 6.54 Å². The topological polar surface area (TPSA) is 41.6 Å². The van der Waals surface area contributed by atoms with Gasteiger partial charge in [-0.25, -0.2) is 0 Å². The molecule has 1 aliphatic carbocycles. The van der Waals surface area contributed by atoms with Gasteiger partial charge in [0.25, 0.3) is 0 Å². The van der Waals surface area contributed by atoms with Crippen LogP contribution in [-0.2, 0) is 9.53 Å². The predicted molar refractivity (Wildman–Crippen MR) is 60.8 cm³/mol. The van der Waals surface area contributed by atoms with Gasteiger partial charge in [-0.15, -0.1) is 6.42 Å². The predicted octanol–water partition coefficient (Wildman–Crippen LogP) is -0.0109. The Morgan fingerprint density at radius 1 is 1.56 bits per heavy atom. The number of nitrogens with zero attached hydrogens (tertiary/aromatic N) is 1. The number of carbonyl (C=O) groups is 1. The first-order valence-electron chi connectivity index (χ1n) is 5.88. The molecule has 88 valence electrons. The molecule has 1 amide bonds. The van der Waals surface area contributed by atoms with Gasteiger partial charge >= 0.3 is 0 Å². The summed E-state index contributed by atoms with van der Waals surface area (Å²) in [5, 5.41) is 2.94. The number of nitrogens with one attached hydrogen (secondary N) is 1. The maximum atomic E-state index is 12.0. The molecule has 2 unspecified atom stereocenters. The van der Waals surface area contributed by atoms with Gasteiger partial charge in [0.2, 0.25) is 5.91 Å². The van der Waals surface area contributed by atoms with Crippen LogP contribution in [0.25, 0.3) is 0 Å². The van der Waals surface area contributed by atoms with Crippen LogP contribution in [0.5, 0.6) is 0 Å². The molecule has 1 heterocycles. The lowest BCUT2D eigenvalue weighted by Gasteiger charge is -2.37. The highest BCUT2D eigenvalue weighted by Crippen LogP contribution is 2.29. The minimum absolute atomic E-state index is 0.149. The molecule has 16 heavy (non-hydrogen) atoms. The van der Waals surface area contributed by atoms with E-state index in [4.69, 9.17) is 11.2 Å². The van der Waals surface area contributed by atoms with E-state index >= 15 is 0 Å². The normalized spacial score (nSPS) is 28.6. The summed E-state index contributed by atoms with van der Waals surface area (Å²) in [5.74, 6) is 2.61. The Kier molecular flexibility index (Phi) is 3.81. The SMILES string of the molecule is C#CCNCC(=O)N1CCOC2CCCC21. The van der Waals surface area contributed by atoms with Crippen LogP contribution in [0.15, 0.2) is 0 Å². The summed E-state index contributed by atoms with van der Waals surface area (Å²) in [7, 11) is 0. The zero-order valence-corrected chi connectivity index (χ0v) is 9.45. The molecule has 4 nitrogen and oxygen atoms in total. The molecule has 4 heteroatoms. The van der Waals surface area contributed by atoms with Gasteiger partial charge in [-0.2, -0.15) is 0 Å². The fourth-order valence-electron chi connectivity index (χ4n) is 2.58. The molecule has 0 spiro atoms. The van der Waals surface area contributed by atoms with Gasteiger partial charge in [0.1, 0.15) is 0 Å². The van der Waals surface area contributed by atoms with Gasteiger partial charge in [-0.05, 0) is 19.3 Å². The van der Waals surface area contributed by atoms with Crippen molar-refractivity contribution >= 4 is 5.91 Å². The fourth-order valence-corrected chi connectivity index (χ4v) is 2.58. The van der Waals surface area contributed by atoms with Crippen molar-refractivity contribution in [3.05, 3.63) is 0 Å². The Morgan fingerprint density at radius 3 is 3.25 bits per heavy atom. The number of morpholine rings is 1. The summed E-state index contributed by atoms with van der Waals surface area (Å²) in [4.78, 5) is 13.9. The van der Waals surface area contributed by atoms with Crippen molar-refractivity contribution in [2.75, 3.05) is 26.2 Å². The van der Waals surface area contributed by atoms with Crippen LogP contribution in [0.2, 0.25) is 0 Å². The smallest absolute Gasteiger partial charge is 0.236 e. The molecule has 0 aromatic carbocycles. The monoisotopic (exact) mass is 222 g/mol. The van der Waals surface area contributed by atoms with E-state index in [2.05, 4.69) is 11.2 Å². The van der Waals surface area contributed by atoms with Crippen LogP contribution >= 0.6 is 0 Å². The molecular formula is C12H18N2O2. The van der Waals surface area contributed by atoms with Gasteiger partial charge in [-0.1, -0.05) is 5.92 Å². The zero-order chi connectivity index (χ0) is 11.4. The van der Waals surface area contributed by atoms with Crippen LogP contribution in [0.3, 0.4) is 0 Å². The highest BCUT2D eigenvalue weighted by molar-refractivity contribution is 5.78. The van der Waals surface area contributed by atoms with Crippen LogP contribution < -0.4 is 5.32 Å². The molecule has 2 rings (SSSR count). The van der Waals surface area contributed by atoms with Gasteiger partial charge < -0.3 is 9.64 Å². The number of hydrogen-bond acceptors (Lipinski definition) is 3. The molecule has 1 saturated carbocycles. The van der Waals surface area contributed by atoms with Crippen molar-refractivity contribution in [2.45, 2.75) is 31.4 Å². The van der Waals surface area contributed by atoms with Crippen LogP contribution in [0, 0.1) is 12.3 Å². The number of amides is 1. The first kappa shape index (κ1) is 11.4. The lowest BCUT2D eigenvalue weighted by molar-refractivity contribution is -0.142. The van der Waals surface area contributed by atoms with Crippen molar-refractivity contribution in [3.63, 3.8) is 0 Å². The Morgan fingerprint density at radius 2 is 2.44 bits per heavy atom. The van der Waals surface area contributed by atoms with Crippen molar-refractivity contribution in [1.29, 1.82) is 0 Å². The maximum Gasteiger partial charge on any atom is 0.236 e. The zero-order valence-electron chi connectivity index (χ0n) is 9.45. The standard InChI is InChI=1S/C12H18N2O2/c1-2-6-13-9-12(15)14-7-8-16-11-5-3-4-10(11)14/h1,10-11,13H,3-9H2. The van der Waals surface area contributed by atoms with E-state index < -0.39 is 0 Å². The summed E-state index contributed by atoms with van der Waals surface area (Å²) in [5.41, 5.74) is 0. The van der Waals surface area contributed by atoms with E-state index in [1.165, 1.54) is 0 Å². The molecular weight excluding hydrogens is 204 g/mol. The van der Waals surface area contributed by atoms with Crippen molar-refractivity contribution in [3.8, 4) is 12.3 Å². The summed E-state index contributed by atoms with van der Waals surface area (Å²) in [6, 6.07) is 0.300. The molecule has 2 atom stereocenters. The van der Waals surface area contributed by atoms with E-state index in [0.717, 1.165) is 25.8 Å². The number of ether oxygens (including phenoxy) is 1. The molecule has 1 N–H and O–H groups in total. The number of fused-ring (bicyclic) bond motifs is 1. The van der Waals surface area contributed by atoms with Crippen LogP contribution in [0.4, 0.5) is 0 Å². The third kappa shape index (κ3) is 2.37. The van der Waals surface area contributed by atoms with Crippen molar-refractivity contribution in [2.24, 2.45) is 0 Å². The molecule has 0 aromatic rings. The second-order valence-electron chi connectivity index (χ2n) is 4.30. The van der Waals surface area contributed by atoms with Crippen LogP contribution in [-0.4, -0.2) is 49.2 Å². The van der Waals surface area contributed by atoms with Crippen molar-refractivity contribution in [1.82, 2.24) is 10.2 Å². The van der Waals surface area contributed by atoms with Gasteiger partial charge in [0.05, 0.1) is 31.8 Å². The van der Waals surface area contributed by atoms with Gasteiger partial charge in [0.15, 0.2) is 0 Å². The molecule has 0 aromatic heterocycles. The van der Waals surface area contributed by atoms with E-state index in [1.54, 1.807) is 0 Å². The lowest BCUT2D eigenvalue weighted by atomic mass is 10.1. The number of carbonyl (C=O) groups excluding carboxylic acids is 1. The third-order valence-corrected chi connectivity index (χ3v) is 3.31. The first-order chi connectivity index (χ1) is 7.83. The average Bonchev–Trinajstić information content (AvgIpc) is 2.76. The Hall–Kier alpha value is -1.05. The van der Waals surface area contributed by atoms with E-state index in [9.17, 15) is 4.79 Å². The summed E-state index contributed by atoms with van der Waals surface area (Å²) < 4.78 is 5.66. The Balaban J connectivity index is 1.87. The lowest BCUT2D eigenvalue weighted by Crippen LogP contribution is -2.53. The van der Waals surface area contributed by atoms with Gasteiger partial charge in [-0.3, -0.25) is 10.1 Å². The number of rotatable bonds is 3. The molecule has 0 bridgehead atoms. The quantitative estimate of drug-likeness (QED) is 0.539. The van der Waals surface area contributed by atoms with E-state index in [1.807, 2.05) is 4.90 Å². The third-order valence-electron chi connectivity index (χ3n) is 3.31. The molecule has 2 fully saturated rings. The average molecular weight is 222 g/mol. The molecule has 0 radical (unpaired) electrons. The first-order valence-corrected chi connectivity index (χ1v) is 5.88. The Labute approximate surface area is 96.3 Å². The fraction of sp³-hybridized carbons (Fsp3) is 0.750. The molecule has 1 saturated heterocycles. The highest BCUT2D eigenvalue weighted by Gasteiger charge is 2.37. The molecule has 1 aliphatic heterocycles. The summed E-state index contributed by atoms with van der Waals surface area (Å²) in [6.45, 7) is 2.18. The minimum atomic E-state index is 0.149. The second kappa shape index (κ2) is 5.33. The number of terminal acetylenes is 1. The minimum Gasteiger partial charge on any atom is -0.374 e. The largest absolute Gasteiger partial charge is 0.374 e. The van der Waals surface area contributed by atoms with Crippen molar-refractivity contribution < 1.29 is 9.53 Å². The van der Waals surface area contributed by atoms with E-state index in [0.29, 0.717) is 25.7 Å². The van der Waals surface area contributed by atoms with E-state index in [-0.39, 0.29) is 12.0 Å². The number of hydrogen-bond donors (Lipinski definition) is 1.